The van der Waals surface area contributed by atoms with Gasteiger partial charge in [-0.05, 0) is 36.2 Å². The lowest BCUT2D eigenvalue weighted by atomic mass is 10.1. The first-order valence-corrected chi connectivity index (χ1v) is 4.55. The Labute approximate surface area is 86.8 Å². The van der Waals surface area contributed by atoms with Crippen molar-refractivity contribution in [2.24, 2.45) is 0 Å². The Hall–Kier alpha value is -1.48. The molecule has 0 bridgehead atoms. The average molecular weight is 206 g/mol. The van der Waals surface area contributed by atoms with Crippen molar-refractivity contribution < 1.29 is 0 Å². The molecule has 0 radical (unpaired) electrons. The molecule has 0 spiro atoms. The minimum absolute atomic E-state index is 0.255. The highest BCUT2D eigenvalue weighted by atomic mass is 35.5. The van der Waals surface area contributed by atoms with Crippen LogP contribution in [0.25, 0.3) is 11.3 Å². The maximum Gasteiger partial charge on any atom is 0.222 e. The molecule has 2 aromatic rings. The average Bonchev–Trinajstić information content (AvgIpc) is 2.18. The molecule has 0 aliphatic rings. The molecule has 0 fully saturated rings. The summed E-state index contributed by atoms with van der Waals surface area (Å²) in [6, 6.07) is 3.75. The van der Waals surface area contributed by atoms with Crippen LogP contribution in [-0.4, -0.2) is 15.0 Å². The summed E-state index contributed by atoms with van der Waals surface area (Å²) in [6.45, 7) is 2.01. The zero-order valence-corrected chi connectivity index (χ0v) is 8.36. The van der Waals surface area contributed by atoms with Crippen LogP contribution in [0.2, 0.25) is 5.28 Å². The minimum atomic E-state index is 0.255. The summed E-state index contributed by atoms with van der Waals surface area (Å²) in [6.07, 6.45) is 5.16. The predicted molar refractivity (Wildman–Crippen MR) is 55.0 cm³/mol. The van der Waals surface area contributed by atoms with Gasteiger partial charge in [0.2, 0.25) is 5.28 Å². The quantitative estimate of drug-likeness (QED) is 0.672. The highest BCUT2D eigenvalue weighted by Gasteiger charge is 2.03. The maximum absolute atomic E-state index is 5.70. The lowest BCUT2D eigenvalue weighted by molar-refractivity contribution is 1.16. The fourth-order valence-corrected chi connectivity index (χ4v) is 1.36. The highest BCUT2D eigenvalue weighted by molar-refractivity contribution is 6.28. The number of hydrogen-bond acceptors (Lipinski definition) is 3. The van der Waals surface area contributed by atoms with E-state index in [0.29, 0.717) is 0 Å². The molecule has 2 rings (SSSR count). The van der Waals surface area contributed by atoms with E-state index >= 15 is 0 Å². The van der Waals surface area contributed by atoms with Crippen LogP contribution >= 0.6 is 11.6 Å². The first kappa shape index (κ1) is 9.09. The number of aromatic nitrogens is 3. The monoisotopic (exact) mass is 205 g/mol. The lowest BCUT2D eigenvalue weighted by Gasteiger charge is -2.03. The second-order valence-corrected chi connectivity index (χ2v) is 3.24. The predicted octanol–water partition coefficient (Wildman–Crippen LogP) is 2.50. The van der Waals surface area contributed by atoms with E-state index in [-0.39, 0.29) is 5.28 Å². The number of nitrogens with zero attached hydrogens (tertiary/aromatic N) is 3. The Kier molecular flexibility index (Phi) is 2.41. The van der Waals surface area contributed by atoms with E-state index in [1.54, 1.807) is 18.6 Å². The van der Waals surface area contributed by atoms with Crippen LogP contribution in [0.1, 0.15) is 5.56 Å². The fourth-order valence-electron chi connectivity index (χ4n) is 1.22. The number of pyridine rings is 1. The molecule has 0 saturated carbocycles. The third kappa shape index (κ3) is 1.72. The number of halogens is 1. The van der Waals surface area contributed by atoms with E-state index in [1.807, 2.05) is 19.1 Å². The van der Waals surface area contributed by atoms with Crippen molar-refractivity contribution >= 4 is 11.6 Å². The van der Waals surface area contributed by atoms with Crippen molar-refractivity contribution in [3.05, 3.63) is 41.6 Å². The lowest BCUT2D eigenvalue weighted by Crippen LogP contribution is -1.89. The Bertz CT molecular complexity index is 457. The van der Waals surface area contributed by atoms with Gasteiger partial charge in [-0.15, -0.1) is 0 Å². The van der Waals surface area contributed by atoms with E-state index in [0.717, 1.165) is 16.8 Å². The zero-order valence-electron chi connectivity index (χ0n) is 7.61. The van der Waals surface area contributed by atoms with Crippen LogP contribution in [0, 0.1) is 6.92 Å². The van der Waals surface area contributed by atoms with Crippen LogP contribution in [0.15, 0.2) is 30.7 Å². The first-order valence-electron chi connectivity index (χ1n) is 4.17. The summed E-state index contributed by atoms with van der Waals surface area (Å²) in [7, 11) is 0. The molecule has 70 valence electrons. The third-order valence-corrected chi connectivity index (χ3v) is 2.12. The number of rotatable bonds is 1. The molecule has 0 aliphatic carbocycles. The third-order valence-electron chi connectivity index (χ3n) is 1.94. The van der Waals surface area contributed by atoms with Gasteiger partial charge in [-0.1, -0.05) is 0 Å². The molecule has 0 aliphatic heterocycles. The van der Waals surface area contributed by atoms with Crippen LogP contribution in [0.5, 0.6) is 0 Å². The van der Waals surface area contributed by atoms with Crippen LogP contribution in [-0.2, 0) is 0 Å². The summed E-state index contributed by atoms with van der Waals surface area (Å²) in [5.41, 5.74) is 2.90. The van der Waals surface area contributed by atoms with Crippen molar-refractivity contribution in [1.82, 2.24) is 15.0 Å². The minimum Gasteiger partial charge on any atom is -0.264 e. The molecule has 14 heavy (non-hydrogen) atoms. The number of aryl methyl sites for hydroxylation is 1. The van der Waals surface area contributed by atoms with Crippen molar-refractivity contribution in [2.45, 2.75) is 6.92 Å². The fraction of sp³-hybridized carbons (Fsp3) is 0.100. The molecule has 2 aromatic heterocycles. The van der Waals surface area contributed by atoms with Gasteiger partial charge in [0.15, 0.2) is 0 Å². The van der Waals surface area contributed by atoms with Crippen molar-refractivity contribution in [2.75, 3.05) is 0 Å². The summed E-state index contributed by atoms with van der Waals surface area (Å²) in [4.78, 5) is 12.0. The van der Waals surface area contributed by atoms with Crippen molar-refractivity contribution in [3.8, 4) is 11.3 Å². The molecule has 0 saturated heterocycles. The van der Waals surface area contributed by atoms with Crippen LogP contribution < -0.4 is 0 Å². The van der Waals surface area contributed by atoms with Gasteiger partial charge in [-0.25, -0.2) is 9.97 Å². The molecule has 2 heterocycles. The zero-order chi connectivity index (χ0) is 9.97. The van der Waals surface area contributed by atoms with Gasteiger partial charge in [0.05, 0.1) is 5.69 Å². The largest absolute Gasteiger partial charge is 0.264 e. The van der Waals surface area contributed by atoms with Gasteiger partial charge >= 0.3 is 0 Å². The molecule has 4 heteroatoms. The number of hydrogen-bond donors (Lipinski definition) is 0. The van der Waals surface area contributed by atoms with E-state index in [4.69, 9.17) is 11.6 Å². The normalized spacial score (nSPS) is 10.1. The van der Waals surface area contributed by atoms with Gasteiger partial charge < -0.3 is 0 Å². The van der Waals surface area contributed by atoms with Gasteiger partial charge in [0, 0.05) is 24.2 Å². The Balaban J connectivity index is 2.55. The van der Waals surface area contributed by atoms with E-state index in [1.165, 1.54) is 0 Å². The smallest absolute Gasteiger partial charge is 0.222 e. The molecule has 0 aromatic carbocycles. The van der Waals surface area contributed by atoms with Crippen molar-refractivity contribution in [1.29, 1.82) is 0 Å². The molecule has 0 amide bonds. The first-order chi connectivity index (χ1) is 6.77. The van der Waals surface area contributed by atoms with Gasteiger partial charge in [-0.2, -0.15) is 0 Å². The van der Waals surface area contributed by atoms with E-state index in [2.05, 4.69) is 15.0 Å². The molecule has 0 atom stereocenters. The SMILES string of the molecule is Cc1ccncc1-c1ccnc(Cl)n1. The summed E-state index contributed by atoms with van der Waals surface area (Å²) < 4.78 is 0. The van der Waals surface area contributed by atoms with Gasteiger partial charge in [0.1, 0.15) is 0 Å². The van der Waals surface area contributed by atoms with E-state index < -0.39 is 0 Å². The Morgan fingerprint density at radius 3 is 2.79 bits per heavy atom. The second kappa shape index (κ2) is 3.72. The molecule has 0 N–H and O–H groups in total. The van der Waals surface area contributed by atoms with Crippen LogP contribution in [0.4, 0.5) is 0 Å². The molecule has 3 nitrogen and oxygen atoms in total. The molecular formula is C10H8ClN3. The van der Waals surface area contributed by atoms with Crippen LogP contribution in [0.3, 0.4) is 0 Å². The maximum atomic E-state index is 5.70. The van der Waals surface area contributed by atoms with Crippen molar-refractivity contribution in [3.63, 3.8) is 0 Å². The Morgan fingerprint density at radius 2 is 2.07 bits per heavy atom. The topological polar surface area (TPSA) is 38.7 Å². The standard InChI is InChI=1S/C10H8ClN3/c1-7-2-4-12-6-8(7)9-3-5-13-10(11)14-9/h2-6H,1H3. The van der Waals surface area contributed by atoms with Gasteiger partial charge in [-0.3, -0.25) is 4.98 Å². The summed E-state index contributed by atoms with van der Waals surface area (Å²) in [5.74, 6) is 0. The molecular weight excluding hydrogens is 198 g/mol. The highest BCUT2D eigenvalue weighted by Crippen LogP contribution is 2.19. The summed E-state index contributed by atoms with van der Waals surface area (Å²) in [5, 5.41) is 0.255. The Morgan fingerprint density at radius 1 is 1.21 bits per heavy atom. The van der Waals surface area contributed by atoms with Gasteiger partial charge in [0.25, 0.3) is 0 Å². The summed E-state index contributed by atoms with van der Waals surface area (Å²) >= 11 is 5.70. The van der Waals surface area contributed by atoms with E-state index in [9.17, 15) is 0 Å². The molecule has 0 unspecified atom stereocenters. The second-order valence-electron chi connectivity index (χ2n) is 2.90.